The van der Waals surface area contributed by atoms with E-state index < -0.39 is 0 Å². The fourth-order valence-electron chi connectivity index (χ4n) is 4.26. The molecule has 7 nitrogen and oxygen atoms in total. The van der Waals surface area contributed by atoms with Gasteiger partial charge in [0.25, 0.3) is 0 Å². The van der Waals surface area contributed by atoms with Crippen LogP contribution in [0.15, 0.2) is 30.6 Å². The highest BCUT2D eigenvalue weighted by Crippen LogP contribution is 2.17. The topological polar surface area (TPSA) is 58.3 Å². The number of nitrogens with zero attached hydrogens (tertiary/aromatic N) is 5. The molecule has 1 fully saturated rings. The maximum absolute atomic E-state index is 11.2. The highest BCUT2D eigenvalue weighted by Gasteiger charge is 2.25. The van der Waals surface area contributed by atoms with Crippen LogP contribution in [0.2, 0.25) is 0 Å². The van der Waals surface area contributed by atoms with E-state index in [1.165, 1.54) is 12.1 Å². The number of hydrogen-bond donors (Lipinski definition) is 1. The van der Waals surface area contributed by atoms with Gasteiger partial charge in [0.2, 0.25) is 5.91 Å². The molecule has 0 saturated carbocycles. The highest BCUT2D eigenvalue weighted by molar-refractivity contribution is 5.73. The molecular weight excluding hydrogens is 340 g/mol. The third-order valence-electron chi connectivity index (χ3n) is 5.55. The van der Waals surface area contributed by atoms with Gasteiger partial charge in [-0.25, -0.2) is 0 Å². The molecular formula is C20H30N6O. The summed E-state index contributed by atoms with van der Waals surface area (Å²) in [7, 11) is 0. The van der Waals surface area contributed by atoms with E-state index in [9.17, 15) is 4.79 Å². The third kappa shape index (κ3) is 4.78. The minimum Gasteiger partial charge on any atom is -0.354 e. The summed E-state index contributed by atoms with van der Waals surface area (Å²) in [6.07, 6.45) is 6.47. The number of aromatic nitrogens is 3. The van der Waals surface area contributed by atoms with Crippen LogP contribution in [0.4, 0.5) is 0 Å². The molecule has 4 rings (SSSR count). The maximum atomic E-state index is 11.2. The molecule has 0 aromatic carbocycles. The van der Waals surface area contributed by atoms with Crippen LogP contribution in [0.5, 0.6) is 0 Å². The van der Waals surface area contributed by atoms with Crippen LogP contribution in [0.25, 0.3) is 0 Å². The quantitative estimate of drug-likeness (QED) is 0.798. The second-order valence-electron chi connectivity index (χ2n) is 7.82. The van der Waals surface area contributed by atoms with Crippen molar-refractivity contribution in [3.05, 3.63) is 42.0 Å². The molecule has 1 N–H and O–H groups in total. The summed E-state index contributed by atoms with van der Waals surface area (Å²) in [4.78, 5) is 16.1. The Hall–Kier alpha value is -2.12. The summed E-state index contributed by atoms with van der Waals surface area (Å²) in [6, 6.07) is 6.72. The molecule has 0 spiro atoms. The fourth-order valence-corrected chi connectivity index (χ4v) is 4.26. The number of carbonyl (C=O) groups excluding carboxylic acids is 1. The van der Waals surface area contributed by atoms with Gasteiger partial charge in [-0.15, -0.1) is 0 Å². The average Bonchev–Trinajstić information content (AvgIpc) is 3.35. The van der Waals surface area contributed by atoms with Gasteiger partial charge >= 0.3 is 0 Å². The van der Waals surface area contributed by atoms with Gasteiger partial charge in [0.15, 0.2) is 0 Å². The zero-order chi connectivity index (χ0) is 18.6. The van der Waals surface area contributed by atoms with Crippen LogP contribution >= 0.6 is 0 Å². The lowest BCUT2D eigenvalue weighted by atomic mass is 10.2. The van der Waals surface area contributed by atoms with E-state index in [4.69, 9.17) is 5.10 Å². The SMILES string of the molecule is CC(=O)NC1CCN(Cc2cc3n(n2)CCN(CCCn2cccc2)C3)C1. The lowest BCUT2D eigenvalue weighted by Gasteiger charge is -2.27. The van der Waals surface area contributed by atoms with Crippen LogP contribution in [0.1, 0.15) is 31.2 Å². The molecule has 7 heteroatoms. The standard InChI is InChI=1S/C20H30N6O/c1-17(27)21-18-5-10-25(14-18)15-19-13-20-16-24(11-12-26(20)22-19)9-4-8-23-6-2-3-7-23/h2-3,6-7,13,18H,4-5,8-12,14-16H2,1H3,(H,21,27). The molecule has 1 atom stereocenters. The number of fused-ring (bicyclic) bond motifs is 1. The van der Waals surface area contributed by atoms with Gasteiger partial charge in [0.05, 0.1) is 17.9 Å². The smallest absolute Gasteiger partial charge is 0.217 e. The molecule has 2 aromatic heterocycles. The van der Waals surface area contributed by atoms with Crippen molar-refractivity contribution in [2.75, 3.05) is 26.2 Å². The maximum Gasteiger partial charge on any atom is 0.217 e. The minimum atomic E-state index is 0.0659. The fraction of sp³-hybridized carbons (Fsp3) is 0.600. The van der Waals surface area contributed by atoms with E-state index in [0.29, 0.717) is 0 Å². The second kappa shape index (κ2) is 8.27. The zero-order valence-electron chi connectivity index (χ0n) is 16.2. The molecule has 1 unspecified atom stereocenters. The predicted octanol–water partition coefficient (Wildman–Crippen LogP) is 1.30. The number of likely N-dealkylation sites (tertiary alicyclic amines) is 1. The van der Waals surface area contributed by atoms with Crippen molar-refractivity contribution in [3.8, 4) is 0 Å². The Morgan fingerprint density at radius 1 is 1.19 bits per heavy atom. The molecule has 2 aromatic rings. The van der Waals surface area contributed by atoms with Crippen LogP contribution in [0.3, 0.4) is 0 Å². The van der Waals surface area contributed by atoms with E-state index in [0.717, 1.165) is 64.5 Å². The van der Waals surface area contributed by atoms with Crippen molar-refractivity contribution in [1.29, 1.82) is 0 Å². The number of hydrogen-bond acceptors (Lipinski definition) is 4. The summed E-state index contributed by atoms with van der Waals surface area (Å²) in [5.74, 6) is 0.0659. The Labute approximate surface area is 160 Å². The van der Waals surface area contributed by atoms with Gasteiger partial charge < -0.3 is 9.88 Å². The first-order valence-electron chi connectivity index (χ1n) is 10.0. The monoisotopic (exact) mass is 370 g/mol. The Morgan fingerprint density at radius 2 is 2.04 bits per heavy atom. The van der Waals surface area contributed by atoms with Gasteiger partial charge in [-0.1, -0.05) is 0 Å². The predicted molar refractivity (Wildman–Crippen MR) is 104 cm³/mol. The average molecular weight is 371 g/mol. The van der Waals surface area contributed by atoms with Crippen LogP contribution in [-0.2, 0) is 31.0 Å². The van der Waals surface area contributed by atoms with Gasteiger partial charge in [-0.3, -0.25) is 19.3 Å². The minimum absolute atomic E-state index is 0.0659. The largest absolute Gasteiger partial charge is 0.354 e. The summed E-state index contributed by atoms with van der Waals surface area (Å²) >= 11 is 0. The number of aryl methyl sites for hydroxylation is 1. The van der Waals surface area contributed by atoms with E-state index in [1.54, 1.807) is 6.92 Å². The molecule has 0 radical (unpaired) electrons. The van der Waals surface area contributed by atoms with E-state index in [1.807, 2.05) is 0 Å². The summed E-state index contributed by atoms with van der Waals surface area (Å²) < 4.78 is 4.43. The summed E-state index contributed by atoms with van der Waals surface area (Å²) in [5, 5.41) is 7.84. The summed E-state index contributed by atoms with van der Waals surface area (Å²) in [5.41, 5.74) is 2.48. The van der Waals surface area contributed by atoms with Crippen molar-refractivity contribution in [3.63, 3.8) is 0 Å². The summed E-state index contributed by atoms with van der Waals surface area (Å²) in [6.45, 7) is 9.68. The molecule has 27 heavy (non-hydrogen) atoms. The molecule has 146 valence electrons. The van der Waals surface area contributed by atoms with E-state index in [2.05, 4.69) is 55.0 Å². The molecule has 1 saturated heterocycles. The molecule has 0 aliphatic carbocycles. The van der Waals surface area contributed by atoms with E-state index in [-0.39, 0.29) is 11.9 Å². The number of carbonyl (C=O) groups is 1. The number of nitrogens with one attached hydrogen (secondary N) is 1. The Balaban J connectivity index is 1.25. The van der Waals surface area contributed by atoms with E-state index >= 15 is 0 Å². The lowest BCUT2D eigenvalue weighted by molar-refractivity contribution is -0.119. The molecule has 0 bridgehead atoms. The first-order valence-corrected chi connectivity index (χ1v) is 10.0. The van der Waals surface area contributed by atoms with Crippen molar-refractivity contribution in [2.24, 2.45) is 0 Å². The lowest BCUT2D eigenvalue weighted by Crippen LogP contribution is -2.35. The Kier molecular flexibility index (Phi) is 5.59. The zero-order valence-corrected chi connectivity index (χ0v) is 16.2. The van der Waals surface area contributed by atoms with Crippen LogP contribution in [0, 0.1) is 0 Å². The van der Waals surface area contributed by atoms with Gasteiger partial charge in [-0.05, 0) is 31.0 Å². The third-order valence-corrected chi connectivity index (χ3v) is 5.55. The second-order valence-corrected chi connectivity index (χ2v) is 7.82. The van der Waals surface area contributed by atoms with Crippen LogP contribution < -0.4 is 5.32 Å². The number of rotatable bonds is 7. The first-order chi connectivity index (χ1) is 13.2. The van der Waals surface area contributed by atoms with Crippen molar-refractivity contribution in [2.45, 2.75) is 52.0 Å². The van der Waals surface area contributed by atoms with Crippen molar-refractivity contribution >= 4 is 5.91 Å². The van der Waals surface area contributed by atoms with Gasteiger partial charge in [-0.2, -0.15) is 5.10 Å². The Bertz CT molecular complexity index is 753. The van der Waals surface area contributed by atoms with Crippen molar-refractivity contribution < 1.29 is 4.79 Å². The first kappa shape index (κ1) is 18.3. The van der Waals surface area contributed by atoms with Crippen LogP contribution in [-0.4, -0.2) is 62.3 Å². The molecule has 1 amide bonds. The molecule has 2 aliphatic rings. The normalized spacial score (nSPS) is 20.7. The molecule has 2 aliphatic heterocycles. The van der Waals surface area contributed by atoms with Gasteiger partial charge in [0.1, 0.15) is 0 Å². The molecule has 4 heterocycles. The Morgan fingerprint density at radius 3 is 2.85 bits per heavy atom. The van der Waals surface area contributed by atoms with Gasteiger partial charge in [0, 0.05) is 71.2 Å². The highest BCUT2D eigenvalue weighted by atomic mass is 16.1. The van der Waals surface area contributed by atoms with Crippen molar-refractivity contribution in [1.82, 2.24) is 29.5 Å². The number of amides is 1.